The molecule has 2 unspecified atom stereocenters. The molecule has 1 aliphatic rings. The summed E-state index contributed by atoms with van der Waals surface area (Å²) in [6, 6.07) is 1.72. The molecule has 0 aromatic carbocycles. The Kier molecular flexibility index (Phi) is 5.57. The molecule has 2 atom stereocenters. The fourth-order valence-corrected chi connectivity index (χ4v) is 4.76. The molecule has 0 amide bonds. The third-order valence-corrected chi connectivity index (χ3v) is 5.88. The zero-order valence-corrected chi connectivity index (χ0v) is 13.5. The SMILES string of the molecule is CCNCc1cc(S(=O)(=O)NC2CCOC(C)C2)cs1. The average Bonchev–Trinajstić information content (AvgIpc) is 2.85. The van der Waals surface area contributed by atoms with Gasteiger partial charge in [0.05, 0.1) is 11.0 Å². The van der Waals surface area contributed by atoms with Crippen LogP contribution in [0.5, 0.6) is 0 Å². The van der Waals surface area contributed by atoms with Crippen LogP contribution in [0.4, 0.5) is 0 Å². The first kappa shape index (κ1) is 15.9. The summed E-state index contributed by atoms with van der Waals surface area (Å²) in [5.74, 6) is 0. The van der Waals surface area contributed by atoms with Crippen LogP contribution in [0, 0.1) is 0 Å². The van der Waals surface area contributed by atoms with E-state index >= 15 is 0 Å². The van der Waals surface area contributed by atoms with Crippen LogP contribution >= 0.6 is 11.3 Å². The van der Waals surface area contributed by atoms with Gasteiger partial charge in [-0.05, 0) is 32.4 Å². The van der Waals surface area contributed by atoms with Crippen LogP contribution in [0.25, 0.3) is 0 Å². The number of thiophene rings is 1. The van der Waals surface area contributed by atoms with Crippen molar-refractivity contribution >= 4 is 21.4 Å². The molecule has 1 saturated heterocycles. The molecule has 0 spiro atoms. The first-order valence-corrected chi connectivity index (χ1v) is 9.29. The summed E-state index contributed by atoms with van der Waals surface area (Å²) in [6.45, 7) is 6.20. The largest absolute Gasteiger partial charge is 0.378 e. The van der Waals surface area contributed by atoms with Gasteiger partial charge in [0.15, 0.2) is 0 Å². The van der Waals surface area contributed by atoms with Crippen molar-refractivity contribution in [1.82, 2.24) is 10.0 Å². The van der Waals surface area contributed by atoms with Gasteiger partial charge in [-0.25, -0.2) is 13.1 Å². The molecule has 114 valence electrons. The number of hydrogen-bond donors (Lipinski definition) is 2. The van der Waals surface area contributed by atoms with Crippen molar-refractivity contribution in [3.05, 3.63) is 16.3 Å². The third-order valence-electron chi connectivity index (χ3n) is 3.30. The zero-order valence-electron chi connectivity index (χ0n) is 11.9. The lowest BCUT2D eigenvalue weighted by Crippen LogP contribution is -2.41. The highest BCUT2D eigenvalue weighted by atomic mass is 32.2. The lowest BCUT2D eigenvalue weighted by Gasteiger charge is -2.27. The van der Waals surface area contributed by atoms with E-state index in [9.17, 15) is 8.42 Å². The molecule has 7 heteroatoms. The minimum Gasteiger partial charge on any atom is -0.378 e. The van der Waals surface area contributed by atoms with Crippen molar-refractivity contribution in [3.8, 4) is 0 Å². The quantitative estimate of drug-likeness (QED) is 0.838. The van der Waals surface area contributed by atoms with Crippen molar-refractivity contribution < 1.29 is 13.2 Å². The van der Waals surface area contributed by atoms with E-state index in [-0.39, 0.29) is 12.1 Å². The maximum absolute atomic E-state index is 12.3. The van der Waals surface area contributed by atoms with E-state index in [1.807, 2.05) is 13.8 Å². The molecule has 5 nitrogen and oxygen atoms in total. The number of ether oxygens (including phenoxy) is 1. The molecule has 20 heavy (non-hydrogen) atoms. The molecule has 0 saturated carbocycles. The molecule has 0 aliphatic carbocycles. The van der Waals surface area contributed by atoms with Crippen LogP contribution < -0.4 is 10.0 Å². The number of rotatable bonds is 6. The van der Waals surface area contributed by atoms with Crippen LogP contribution in [-0.4, -0.2) is 33.7 Å². The minimum absolute atomic E-state index is 0.0270. The van der Waals surface area contributed by atoms with Gasteiger partial charge in [-0.3, -0.25) is 0 Å². The van der Waals surface area contributed by atoms with E-state index < -0.39 is 10.0 Å². The predicted molar refractivity (Wildman–Crippen MR) is 80.5 cm³/mol. The smallest absolute Gasteiger partial charge is 0.241 e. The molecule has 1 aromatic rings. The number of hydrogen-bond acceptors (Lipinski definition) is 5. The average molecular weight is 318 g/mol. The Morgan fingerprint density at radius 1 is 1.50 bits per heavy atom. The van der Waals surface area contributed by atoms with Gasteiger partial charge in [-0.2, -0.15) is 0 Å². The summed E-state index contributed by atoms with van der Waals surface area (Å²) < 4.78 is 32.9. The molecule has 2 rings (SSSR count). The molecular weight excluding hydrogens is 296 g/mol. The highest BCUT2D eigenvalue weighted by Crippen LogP contribution is 2.21. The Hall–Kier alpha value is -0.470. The normalized spacial score (nSPS) is 23.9. The Bertz CT molecular complexity index is 527. The molecule has 0 bridgehead atoms. The van der Waals surface area contributed by atoms with Gasteiger partial charge in [-0.15, -0.1) is 11.3 Å². The fraction of sp³-hybridized carbons (Fsp3) is 0.692. The summed E-state index contributed by atoms with van der Waals surface area (Å²) in [4.78, 5) is 1.40. The first-order valence-electron chi connectivity index (χ1n) is 6.93. The van der Waals surface area contributed by atoms with Gasteiger partial charge < -0.3 is 10.1 Å². The molecule has 1 aromatic heterocycles. The van der Waals surface area contributed by atoms with Gasteiger partial charge >= 0.3 is 0 Å². The second-order valence-corrected chi connectivity index (χ2v) is 7.76. The molecular formula is C13H22N2O3S2. The van der Waals surface area contributed by atoms with Crippen LogP contribution in [0.3, 0.4) is 0 Å². The Morgan fingerprint density at radius 3 is 3.00 bits per heavy atom. The number of sulfonamides is 1. The summed E-state index contributed by atoms with van der Waals surface area (Å²) >= 11 is 1.47. The second-order valence-electron chi connectivity index (χ2n) is 5.05. The highest BCUT2D eigenvalue weighted by molar-refractivity contribution is 7.89. The van der Waals surface area contributed by atoms with Crippen molar-refractivity contribution in [2.75, 3.05) is 13.2 Å². The molecule has 2 heterocycles. The van der Waals surface area contributed by atoms with Crippen LogP contribution in [-0.2, 0) is 21.3 Å². The molecule has 0 radical (unpaired) electrons. The monoisotopic (exact) mass is 318 g/mol. The van der Waals surface area contributed by atoms with Crippen LogP contribution in [0.15, 0.2) is 16.3 Å². The summed E-state index contributed by atoms with van der Waals surface area (Å²) in [7, 11) is -3.41. The maximum atomic E-state index is 12.3. The van der Waals surface area contributed by atoms with Crippen molar-refractivity contribution in [3.63, 3.8) is 0 Å². The van der Waals surface area contributed by atoms with E-state index in [0.717, 1.165) is 24.3 Å². The fourth-order valence-electron chi connectivity index (χ4n) is 2.23. The van der Waals surface area contributed by atoms with Crippen molar-refractivity contribution in [1.29, 1.82) is 0 Å². The molecule has 1 fully saturated rings. The Morgan fingerprint density at radius 2 is 2.30 bits per heavy atom. The number of nitrogens with one attached hydrogen (secondary N) is 2. The minimum atomic E-state index is -3.41. The van der Waals surface area contributed by atoms with E-state index in [1.54, 1.807) is 11.4 Å². The van der Waals surface area contributed by atoms with Gasteiger partial charge in [0.2, 0.25) is 10.0 Å². The third kappa shape index (κ3) is 4.26. The van der Waals surface area contributed by atoms with Gasteiger partial charge in [0.1, 0.15) is 0 Å². The maximum Gasteiger partial charge on any atom is 0.241 e. The summed E-state index contributed by atoms with van der Waals surface area (Å²) in [5.41, 5.74) is 0. The van der Waals surface area contributed by atoms with Crippen molar-refractivity contribution in [2.24, 2.45) is 0 Å². The lowest BCUT2D eigenvalue weighted by atomic mass is 10.1. The zero-order chi connectivity index (χ0) is 14.6. The first-order chi connectivity index (χ1) is 9.51. The van der Waals surface area contributed by atoms with Gasteiger partial charge in [-0.1, -0.05) is 6.92 Å². The lowest BCUT2D eigenvalue weighted by molar-refractivity contribution is 0.0173. The van der Waals surface area contributed by atoms with Crippen LogP contribution in [0.2, 0.25) is 0 Å². The van der Waals surface area contributed by atoms with E-state index in [2.05, 4.69) is 10.0 Å². The Balaban J connectivity index is 2.00. The van der Waals surface area contributed by atoms with Gasteiger partial charge in [0, 0.05) is 29.5 Å². The second kappa shape index (κ2) is 7.00. The Labute approximate surface area is 124 Å². The topological polar surface area (TPSA) is 67.4 Å². The van der Waals surface area contributed by atoms with Gasteiger partial charge in [0.25, 0.3) is 0 Å². The van der Waals surface area contributed by atoms with Crippen LogP contribution in [0.1, 0.15) is 31.6 Å². The highest BCUT2D eigenvalue weighted by Gasteiger charge is 2.25. The molecule has 1 aliphatic heterocycles. The predicted octanol–water partition coefficient (Wildman–Crippen LogP) is 1.70. The standard InChI is InChI=1S/C13H22N2O3S2/c1-3-14-8-12-7-13(9-19-12)20(16,17)15-11-4-5-18-10(2)6-11/h7,9-11,14-15H,3-6,8H2,1-2H3. The van der Waals surface area contributed by atoms with E-state index in [0.29, 0.717) is 18.0 Å². The van der Waals surface area contributed by atoms with Crippen molar-refractivity contribution in [2.45, 2.75) is 50.3 Å². The summed E-state index contributed by atoms with van der Waals surface area (Å²) in [5, 5.41) is 4.90. The molecule has 2 N–H and O–H groups in total. The summed E-state index contributed by atoms with van der Waals surface area (Å²) in [6.07, 6.45) is 1.58. The van der Waals surface area contributed by atoms with E-state index in [4.69, 9.17) is 4.74 Å². The van der Waals surface area contributed by atoms with E-state index in [1.165, 1.54) is 11.3 Å².